The minimum atomic E-state index is -1.67. The molecule has 0 bridgehead atoms. The number of aliphatic hydroxyl groups is 1. The molecule has 0 aliphatic carbocycles. The molecule has 276 valence electrons. The molecule has 0 aromatic heterocycles. The molecule has 2 aromatic carbocycles. The van der Waals surface area contributed by atoms with Gasteiger partial charge in [-0.25, -0.2) is 14.4 Å². The van der Waals surface area contributed by atoms with E-state index in [1.165, 1.54) is 14.2 Å². The van der Waals surface area contributed by atoms with Gasteiger partial charge in [-0.2, -0.15) is 0 Å². The van der Waals surface area contributed by atoms with Gasteiger partial charge in [0, 0.05) is 14.2 Å². The average molecular weight is 709 g/mol. The van der Waals surface area contributed by atoms with E-state index in [1.54, 1.807) is 54.6 Å². The number of ether oxygens (including phenoxy) is 8. The van der Waals surface area contributed by atoms with Crippen molar-refractivity contribution in [2.75, 3.05) is 54.0 Å². The fraction of sp³-hybridized carbons (Fsp3) is 0.485. The van der Waals surface area contributed by atoms with Crippen molar-refractivity contribution in [3.63, 3.8) is 0 Å². The van der Waals surface area contributed by atoms with Crippen molar-refractivity contribution in [1.29, 1.82) is 0 Å². The van der Waals surface area contributed by atoms with Crippen LogP contribution >= 0.6 is 0 Å². The largest absolute Gasteiger partial charge is 0.481 e. The van der Waals surface area contributed by atoms with Gasteiger partial charge in [-0.15, -0.1) is 0 Å². The van der Waals surface area contributed by atoms with Crippen LogP contribution in [0.3, 0.4) is 0 Å². The van der Waals surface area contributed by atoms with Crippen LogP contribution in [0.25, 0.3) is 0 Å². The van der Waals surface area contributed by atoms with E-state index in [-0.39, 0.29) is 46.2 Å². The molecule has 0 radical (unpaired) electrons. The molecule has 0 aliphatic heterocycles. The second kappa shape index (κ2) is 24.3. The molecule has 17 nitrogen and oxygen atoms in total. The summed E-state index contributed by atoms with van der Waals surface area (Å²) in [5.41, 5.74) is 1.41. The van der Waals surface area contributed by atoms with Gasteiger partial charge in [-0.05, 0) is 11.1 Å². The van der Waals surface area contributed by atoms with E-state index >= 15 is 0 Å². The number of aliphatic hydroxyl groups excluding tert-OH is 1. The highest BCUT2D eigenvalue weighted by atomic mass is 16.7. The van der Waals surface area contributed by atoms with Crippen LogP contribution < -0.4 is 10.6 Å². The lowest BCUT2D eigenvalue weighted by molar-refractivity contribution is -0.170. The number of aliphatic carboxylic acids is 1. The molecule has 0 heterocycles. The third-order valence-corrected chi connectivity index (χ3v) is 6.34. The smallest absolute Gasteiger partial charge is 0.408 e. The Balaban J connectivity index is 1.99. The van der Waals surface area contributed by atoms with Crippen molar-refractivity contribution in [3.8, 4) is 0 Å². The van der Waals surface area contributed by atoms with Crippen LogP contribution in [0, 0.1) is 0 Å². The Hall–Kier alpha value is -4.81. The molecule has 0 saturated carbocycles. The van der Waals surface area contributed by atoms with Crippen LogP contribution in [-0.2, 0) is 65.5 Å². The first kappa shape index (κ1) is 41.4. The second-order valence-electron chi connectivity index (χ2n) is 10.6. The number of rotatable bonds is 24. The van der Waals surface area contributed by atoms with E-state index in [1.807, 2.05) is 6.07 Å². The molecule has 0 fully saturated rings. The fourth-order valence-electron chi connectivity index (χ4n) is 4.03. The van der Waals surface area contributed by atoms with Crippen molar-refractivity contribution in [1.82, 2.24) is 10.6 Å². The Labute approximate surface area is 289 Å². The maximum absolute atomic E-state index is 13.0. The van der Waals surface area contributed by atoms with Gasteiger partial charge in [0.2, 0.25) is 0 Å². The standard InChI is InChI=1S/C33H44N2O15/c1-43-17-25(34-32(41)48-15-23-9-5-3-6-10-23)13-30(39)47-21-27(20-46-22-45-19-26(36)18-44-2)50-31(40)28(14-29(37)38)35-33(42)49-16-24-11-7-4-8-12-24/h3-12,25-28,36H,13-22H2,1-2H3,(H,34,41)(H,35,42)(H,37,38). The van der Waals surface area contributed by atoms with Gasteiger partial charge in [-0.3, -0.25) is 9.59 Å². The first-order chi connectivity index (χ1) is 24.1. The van der Waals surface area contributed by atoms with Crippen molar-refractivity contribution in [2.45, 2.75) is 50.3 Å². The van der Waals surface area contributed by atoms with Crippen molar-refractivity contribution in [3.05, 3.63) is 71.8 Å². The van der Waals surface area contributed by atoms with E-state index in [2.05, 4.69) is 10.6 Å². The van der Waals surface area contributed by atoms with E-state index in [0.29, 0.717) is 5.56 Å². The van der Waals surface area contributed by atoms with E-state index in [4.69, 9.17) is 37.9 Å². The monoisotopic (exact) mass is 708 g/mol. The molecule has 4 N–H and O–H groups in total. The number of carbonyl (C=O) groups excluding carboxylic acids is 4. The maximum atomic E-state index is 13.0. The number of hydrogen-bond acceptors (Lipinski definition) is 14. The highest BCUT2D eigenvalue weighted by Gasteiger charge is 2.29. The van der Waals surface area contributed by atoms with Gasteiger partial charge < -0.3 is 58.7 Å². The summed E-state index contributed by atoms with van der Waals surface area (Å²) >= 11 is 0. The number of benzene rings is 2. The van der Waals surface area contributed by atoms with Crippen LogP contribution in [0.1, 0.15) is 24.0 Å². The predicted octanol–water partition coefficient (Wildman–Crippen LogP) is 1.54. The molecule has 0 saturated heterocycles. The normalized spacial score (nSPS) is 13.2. The molecule has 4 unspecified atom stereocenters. The summed E-state index contributed by atoms with van der Waals surface area (Å²) in [5.74, 6) is -3.41. The Kier molecular flexibility index (Phi) is 20.1. The predicted molar refractivity (Wildman–Crippen MR) is 171 cm³/mol. The summed E-state index contributed by atoms with van der Waals surface area (Å²) in [6.07, 6.45) is -5.30. The maximum Gasteiger partial charge on any atom is 0.408 e. The quantitative estimate of drug-likeness (QED) is 0.0525. The minimum absolute atomic E-state index is 0.00139. The summed E-state index contributed by atoms with van der Waals surface area (Å²) in [7, 11) is 2.78. The molecule has 4 atom stereocenters. The van der Waals surface area contributed by atoms with Crippen molar-refractivity contribution < 1.29 is 72.1 Å². The van der Waals surface area contributed by atoms with Gasteiger partial charge >= 0.3 is 30.1 Å². The number of carboxylic acids is 1. The summed E-state index contributed by atoms with van der Waals surface area (Å²) in [4.78, 5) is 62.0. The number of amides is 2. The Morgan fingerprint density at radius 1 is 0.680 bits per heavy atom. The zero-order chi connectivity index (χ0) is 36.6. The Morgan fingerprint density at radius 3 is 1.80 bits per heavy atom. The Bertz CT molecular complexity index is 1300. The number of alkyl carbamates (subject to hydrolysis) is 2. The number of nitrogens with one attached hydrogen (secondary N) is 2. The third-order valence-electron chi connectivity index (χ3n) is 6.34. The third kappa shape index (κ3) is 18.7. The number of methoxy groups -OCH3 is 2. The molecule has 0 aliphatic rings. The summed E-state index contributed by atoms with van der Waals surface area (Å²) in [5, 5.41) is 23.7. The first-order valence-corrected chi connectivity index (χ1v) is 15.4. The highest BCUT2D eigenvalue weighted by Crippen LogP contribution is 2.07. The zero-order valence-electron chi connectivity index (χ0n) is 27.9. The van der Waals surface area contributed by atoms with Gasteiger partial charge in [0.15, 0.2) is 6.10 Å². The minimum Gasteiger partial charge on any atom is -0.481 e. The van der Waals surface area contributed by atoms with E-state index < -0.39 is 74.0 Å². The van der Waals surface area contributed by atoms with E-state index in [9.17, 15) is 34.2 Å². The summed E-state index contributed by atoms with van der Waals surface area (Å²) < 4.78 is 41.4. The van der Waals surface area contributed by atoms with Crippen LogP contribution in [0.15, 0.2) is 60.7 Å². The molecule has 2 aromatic rings. The molecule has 17 heteroatoms. The lowest BCUT2D eigenvalue weighted by atomic mass is 10.2. The van der Waals surface area contributed by atoms with Crippen molar-refractivity contribution in [2.24, 2.45) is 0 Å². The second-order valence-corrected chi connectivity index (χ2v) is 10.6. The van der Waals surface area contributed by atoms with E-state index in [0.717, 1.165) is 5.56 Å². The number of carbonyl (C=O) groups is 5. The zero-order valence-corrected chi connectivity index (χ0v) is 27.9. The molecule has 2 amide bonds. The lowest BCUT2D eigenvalue weighted by Crippen LogP contribution is -2.45. The van der Waals surface area contributed by atoms with Crippen molar-refractivity contribution >= 4 is 30.1 Å². The SMILES string of the molecule is COCC(O)COCOCC(COC(=O)CC(COC)NC(=O)OCc1ccccc1)OC(=O)C(CC(=O)O)NC(=O)OCc1ccccc1. The molecule has 0 spiro atoms. The van der Waals surface area contributed by atoms with Gasteiger partial charge in [0.05, 0.1) is 45.3 Å². The first-order valence-electron chi connectivity index (χ1n) is 15.4. The van der Waals surface area contributed by atoms with Gasteiger partial charge in [-0.1, -0.05) is 60.7 Å². The van der Waals surface area contributed by atoms with Gasteiger partial charge in [0.1, 0.15) is 38.8 Å². The van der Waals surface area contributed by atoms with Crippen LogP contribution in [0.4, 0.5) is 9.59 Å². The molecule has 2 rings (SSSR count). The number of esters is 2. The molecular formula is C33H44N2O15. The Morgan fingerprint density at radius 2 is 1.24 bits per heavy atom. The topological polar surface area (TPSA) is 224 Å². The van der Waals surface area contributed by atoms with Crippen LogP contribution in [-0.4, -0.2) is 119 Å². The highest BCUT2D eigenvalue weighted by molar-refractivity contribution is 5.85. The molecular weight excluding hydrogens is 664 g/mol. The van der Waals surface area contributed by atoms with Gasteiger partial charge in [0.25, 0.3) is 0 Å². The number of hydrogen-bond donors (Lipinski definition) is 4. The van der Waals surface area contributed by atoms with Crippen LogP contribution in [0.5, 0.6) is 0 Å². The summed E-state index contributed by atoms with van der Waals surface area (Å²) in [6, 6.07) is 15.1. The average Bonchev–Trinajstić information content (AvgIpc) is 3.09. The molecule has 50 heavy (non-hydrogen) atoms. The lowest BCUT2D eigenvalue weighted by Gasteiger charge is -2.22. The summed E-state index contributed by atoms with van der Waals surface area (Å²) in [6.45, 7) is -1.65. The number of carboxylic acid groups (broad SMARTS) is 1. The van der Waals surface area contributed by atoms with Crippen LogP contribution in [0.2, 0.25) is 0 Å². The fourth-order valence-corrected chi connectivity index (χ4v) is 4.03.